The van der Waals surface area contributed by atoms with E-state index < -0.39 is 0 Å². The minimum Gasteiger partial charge on any atom is -0.493 e. The van der Waals surface area contributed by atoms with E-state index in [1.54, 1.807) is 0 Å². The number of benzene rings is 2. The van der Waals surface area contributed by atoms with Gasteiger partial charge in [0.25, 0.3) is 0 Å². The van der Waals surface area contributed by atoms with Crippen LogP contribution in [0.15, 0.2) is 54.6 Å². The quantitative estimate of drug-likeness (QED) is 0.906. The SMILES string of the molecule is O=C(CNc1ccccc1)NC1CCOc2ccccc21. The van der Waals surface area contributed by atoms with E-state index in [-0.39, 0.29) is 18.5 Å². The van der Waals surface area contributed by atoms with E-state index in [1.807, 2.05) is 54.6 Å². The first-order valence-corrected chi connectivity index (χ1v) is 7.13. The highest BCUT2D eigenvalue weighted by atomic mass is 16.5. The number of hydrogen-bond donors (Lipinski definition) is 2. The second-order valence-corrected chi connectivity index (χ2v) is 5.01. The standard InChI is InChI=1S/C17H18N2O2/c20-17(12-18-13-6-2-1-3-7-13)19-15-10-11-21-16-9-5-4-8-14(15)16/h1-9,15,18H,10-12H2,(H,19,20). The summed E-state index contributed by atoms with van der Waals surface area (Å²) in [6, 6.07) is 17.6. The molecule has 1 heterocycles. The summed E-state index contributed by atoms with van der Waals surface area (Å²) < 4.78 is 5.60. The maximum Gasteiger partial charge on any atom is 0.239 e. The summed E-state index contributed by atoms with van der Waals surface area (Å²) in [5.74, 6) is 0.852. The zero-order valence-electron chi connectivity index (χ0n) is 11.7. The third-order valence-electron chi connectivity index (χ3n) is 3.52. The molecule has 1 amide bonds. The lowest BCUT2D eigenvalue weighted by atomic mass is 10.0. The van der Waals surface area contributed by atoms with E-state index in [4.69, 9.17) is 4.74 Å². The average molecular weight is 282 g/mol. The van der Waals surface area contributed by atoms with Gasteiger partial charge in [-0.1, -0.05) is 36.4 Å². The third kappa shape index (κ3) is 3.34. The lowest BCUT2D eigenvalue weighted by Crippen LogP contribution is -2.35. The minimum absolute atomic E-state index is 0.0134. The number of carbonyl (C=O) groups excluding carboxylic acids is 1. The summed E-state index contributed by atoms with van der Waals surface area (Å²) in [5, 5.41) is 6.18. The Balaban J connectivity index is 1.58. The highest BCUT2D eigenvalue weighted by Gasteiger charge is 2.22. The van der Waals surface area contributed by atoms with Gasteiger partial charge < -0.3 is 15.4 Å². The van der Waals surface area contributed by atoms with Crippen molar-refractivity contribution in [2.24, 2.45) is 0 Å². The van der Waals surface area contributed by atoms with E-state index in [2.05, 4.69) is 10.6 Å². The maximum absolute atomic E-state index is 12.1. The van der Waals surface area contributed by atoms with Crippen LogP contribution in [-0.4, -0.2) is 19.1 Å². The molecular weight excluding hydrogens is 264 g/mol. The maximum atomic E-state index is 12.1. The zero-order valence-corrected chi connectivity index (χ0v) is 11.7. The van der Waals surface area contributed by atoms with Gasteiger partial charge in [-0.05, 0) is 18.2 Å². The predicted octanol–water partition coefficient (Wildman–Crippen LogP) is 2.74. The minimum atomic E-state index is -0.0134. The van der Waals surface area contributed by atoms with Gasteiger partial charge in [-0.2, -0.15) is 0 Å². The summed E-state index contributed by atoms with van der Waals surface area (Å²) in [6.07, 6.45) is 0.800. The molecular formula is C17H18N2O2. The summed E-state index contributed by atoms with van der Waals surface area (Å²) in [4.78, 5) is 12.1. The van der Waals surface area contributed by atoms with Crippen LogP contribution in [0.1, 0.15) is 18.0 Å². The Morgan fingerprint density at radius 1 is 1.10 bits per heavy atom. The van der Waals surface area contributed by atoms with Crippen LogP contribution in [0.3, 0.4) is 0 Å². The van der Waals surface area contributed by atoms with Gasteiger partial charge in [0, 0.05) is 17.7 Å². The Morgan fingerprint density at radius 2 is 1.86 bits per heavy atom. The van der Waals surface area contributed by atoms with E-state index >= 15 is 0 Å². The topological polar surface area (TPSA) is 50.4 Å². The highest BCUT2D eigenvalue weighted by Crippen LogP contribution is 2.31. The number of amides is 1. The van der Waals surface area contributed by atoms with Crippen molar-refractivity contribution in [2.75, 3.05) is 18.5 Å². The smallest absolute Gasteiger partial charge is 0.239 e. The molecule has 1 aliphatic rings. The van der Waals surface area contributed by atoms with Crippen LogP contribution in [0.4, 0.5) is 5.69 Å². The van der Waals surface area contributed by atoms with Crippen LogP contribution in [-0.2, 0) is 4.79 Å². The number of hydrogen-bond acceptors (Lipinski definition) is 3. The van der Waals surface area contributed by atoms with E-state index in [9.17, 15) is 4.79 Å². The van der Waals surface area contributed by atoms with Crippen molar-refractivity contribution in [1.82, 2.24) is 5.32 Å². The molecule has 0 radical (unpaired) electrons. The van der Waals surface area contributed by atoms with E-state index in [0.717, 1.165) is 23.4 Å². The number of nitrogens with one attached hydrogen (secondary N) is 2. The van der Waals surface area contributed by atoms with Crippen LogP contribution in [0.2, 0.25) is 0 Å². The van der Waals surface area contributed by atoms with Crippen molar-refractivity contribution in [3.63, 3.8) is 0 Å². The molecule has 0 aliphatic carbocycles. The summed E-state index contributed by atoms with van der Waals surface area (Å²) in [7, 11) is 0. The van der Waals surface area contributed by atoms with Gasteiger partial charge in [0.2, 0.25) is 5.91 Å². The molecule has 4 heteroatoms. The Bertz CT molecular complexity index is 613. The number of anilines is 1. The Kier molecular flexibility index (Phi) is 4.05. The molecule has 4 nitrogen and oxygen atoms in total. The second kappa shape index (κ2) is 6.31. The van der Waals surface area contributed by atoms with E-state index in [0.29, 0.717) is 6.61 Å². The van der Waals surface area contributed by atoms with Gasteiger partial charge in [-0.25, -0.2) is 0 Å². The molecule has 1 aliphatic heterocycles. The normalized spacial score (nSPS) is 16.5. The van der Waals surface area contributed by atoms with Crippen LogP contribution in [0.5, 0.6) is 5.75 Å². The van der Waals surface area contributed by atoms with Crippen molar-refractivity contribution in [2.45, 2.75) is 12.5 Å². The van der Waals surface area contributed by atoms with Crippen molar-refractivity contribution < 1.29 is 9.53 Å². The summed E-state index contributed by atoms with van der Waals surface area (Å²) in [6.45, 7) is 0.900. The van der Waals surface area contributed by atoms with Crippen molar-refractivity contribution in [1.29, 1.82) is 0 Å². The fraction of sp³-hybridized carbons (Fsp3) is 0.235. The lowest BCUT2D eigenvalue weighted by Gasteiger charge is -2.26. The molecule has 0 saturated carbocycles. The van der Waals surface area contributed by atoms with Crippen LogP contribution in [0, 0.1) is 0 Å². The predicted molar refractivity (Wildman–Crippen MR) is 82.4 cm³/mol. The number of rotatable bonds is 4. The number of para-hydroxylation sites is 2. The molecule has 1 unspecified atom stereocenters. The molecule has 0 bridgehead atoms. The molecule has 0 aromatic heterocycles. The Labute approximate surface area is 124 Å². The van der Waals surface area contributed by atoms with Crippen molar-refractivity contribution in [3.05, 3.63) is 60.2 Å². The fourth-order valence-electron chi connectivity index (χ4n) is 2.48. The molecule has 1 atom stereocenters. The highest BCUT2D eigenvalue weighted by molar-refractivity contribution is 5.81. The monoisotopic (exact) mass is 282 g/mol. The molecule has 0 spiro atoms. The fourth-order valence-corrected chi connectivity index (χ4v) is 2.48. The molecule has 3 rings (SSSR count). The van der Waals surface area contributed by atoms with Gasteiger partial charge in [0.05, 0.1) is 19.2 Å². The van der Waals surface area contributed by atoms with Gasteiger partial charge >= 0.3 is 0 Å². The van der Waals surface area contributed by atoms with Crippen LogP contribution in [0.25, 0.3) is 0 Å². The first-order valence-electron chi connectivity index (χ1n) is 7.13. The van der Waals surface area contributed by atoms with Crippen LogP contribution >= 0.6 is 0 Å². The Morgan fingerprint density at radius 3 is 2.71 bits per heavy atom. The molecule has 0 fully saturated rings. The Hall–Kier alpha value is -2.49. The first-order chi connectivity index (χ1) is 10.3. The molecule has 21 heavy (non-hydrogen) atoms. The summed E-state index contributed by atoms with van der Waals surface area (Å²) >= 11 is 0. The van der Waals surface area contributed by atoms with Gasteiger partial charge in [-0.3, -0.25) is 4.79 Å². The number of carbonyl (C=O) groups is 1. The molecule has 108 valence electrons. The van der Waals surface area contributed by atoms with E-state index in [1.165, 1.54) is 0 Å². The average Bonchev–Trinajstić information content (AvgIpc) is 2.54. The van der Waals surface area contributed by atoms with Crippen LogP contribution < -0.4 is 15.4 Å². The number of ether oxygens (including phenoxy) is 1. The first kappa shape index (κ1) is 13.5. The van der Waals surface area contributed by atoms with Gasteiger partial charge in [0.15, 0.2) is 0 Å². The summed E-state index contributed by atoms with van der Waals surface area (Å²) in [5.41, 5.74) is 2.00. The molecule has 0 saturated heterocycles. The van der Waals surface area contributed by atoms with Gasteiger partial charge in [0.1, 0.15) is 5.75 Å². The second-order valence-electron chi connectivity index (χ2n) is 5.01. The van der Waals surface area contributed by atoms with Crippen molar-refractivity contribution >= 4 is 11.6 Å². The lowest BCUT2D eigenvalue weighted by molar-refractivity contribution is -0.120. The molecule has 2 aromatic rings. The zero-order chi connectivity index (χ0) is 14.5. The van der Waals surface area contributed by atoms with Crippen molar-refractivity contribution in [3.8, 4) is 5.75 Å². The molecule has 2 N–H and O–H groups in total. The van der Waals surface area contributed by atoms with Gasteiger partial charge in [-0.15, -0.1) is 0 Å². The largest absolute Gasteiger partial charge is 0.493 e. The molecule has 2 aromatic carbocycles. The third-order valence-corrected chi connectivity index (χ3v) is 3.52. The number of fused-ring (bicyclic) bond motifs is 1.